The lowest BCUT2D eigenvalue weighted by atomic mass is 10.3. The predicted molar refractivity (Wildman–Crippen MR) is 60.5 cm³/mol. The molecule has 5 nitrogen and oxygen atoms in total. The highest BCUT2D eigenvalue weighted by atomic mass is 32.2. The molecule has 1 unspecified atom stereocenters. The molecule has 1 atom stereocenters. The molecule has 0 bridgehead atoms. The van der Waals surface area contributed by atoms with Crippen molar-refractivity contribution < 1.29 is 13.2 Å². The third kappa shape index (κ3) is 2.82. The third-order valence-corrected chi connectivity index (χ3v) is 4.33. The molecule has 2 rings (SSSR count). The average Bonchev–Trinajstić information content (AvgIpc) is 2.99. The van der Waals surface area contributed by atoms with E-state index in [-0.39, 0.29) is 24.2 Å². The lowest BCUT2D eigenvalue weighted by molar-refractivity contribution is -0.129. The molecule has 90 valence electrons. The van der Waals surface area contributed by atoms with E-state index in [1.807, 2.05) is 0 Å². The zero-order valence-electron chi connectivity index (χ0n) is 9.22. The minimum atomic E-state index is -3.04. The van der Waals surface area contributed by atoms with Crippen LogP contribution < -0.4 is 5.32 Å². The Hall–Kier alpha value is -0.880. The summed E-state index contributed by atoms with van der Waals surface area (Å²) in [6, 6.07) is 0.179. The van der Waals surface area contributed by atoms with Crippen LogP contribution in [0.25, 0.3) is 0 Å². The van der Waals surface area contributed by atoms with Gasteiger partial charge in [-0.15, -0.1) is 0 Å². The molecule has 0 aromatic heterocycles. The standard InChI is InChI=1S/C10H16N2O3S/c1-12(9-2-3-9)10(13)6-11-8-4-5-16(14,15)7-8/h4-5,8-9,11H,2-3,6-7H2,1H3. The fourth-order valence-corrected chi connectivity index (χ4v) is 2.98. The summed E-state index contributed by atoms with van der Waals surface area (Å²) >= 11 is 0. The molecule has 16 heavy (non-hydrogen) atoms. The number of carbonyl (C=O) groups excluding carboxylic acids is 1. The molecule has 1 N–H and O–H groups in total. The highest BCUT2D eigenvalue weighted by molar-refractivity contribution is 7.94. The van der Waals surface area contributed by atoms with Crippen LogP contribution in [0, 0.1) is 0 Å². The first-order valence-corrected chi connectivity index (χ1v) is 7.09. The van der Waals surface area contributed by atoms with E-state index in [1.165, 1.54) is 5.41 Å². The molecule has 1 heterocycles. The minimum Gasteiger partial charge on any atom is -0.342 e. The first kappa shape index (κ1) is 11.6. The van der Waals surface area contributed by atoms with Gasteiger partial charge in [-0.2, -0.15) is 0 Å². The lowest BCUT2D eigenvalue weighted by Gasteiger charge is -2.17. The molecule has 1 amide bonds. The number of amides is 1. The normalized spacial score (nSPS) is 26.9. The van der Waals surface area contributed by atoms with E-state index in [0.717, 1.165) is 12.8 Å². The van der Waals surface area contributed by atoms with Crippen LogP contribution in [0.2, 0.25) is 0 Å². The predicted octanol–water partition coefficient (Wildman–Crippen LogP) is -0.492. The molecule has 0 saturated heterocycles. The Balaban J connectivity index is 1.76. The summed E-state index contributed by atoms with van der Waals surface area (Å²) in [7, 11) is -1.24. The monoisotopic (exact) mass is 244 g/mol. The van der Waals surface area contributed by atoms with Crippen LogP contribution in [0.3, 0.4) is 0 Å². The molecular formula is C10H16N2O3S. The van der Waals surface area contributed by atoms with Gasteiger partial charge >= 0.3 is 0 Å². The number of hydrogen-bond acceptors (Lipinski definition) is 4. The van der Waals surface area contributed by atoms with Crippen molar-refractivity contribution in [1.82, 2.24) is 10.2 Å². The van der Waals surface area contributed by atoms with Crippen molar-refractivity contribution in [3.05, 3.63) is 11.5 Å². The summed E-state index contributed by atoms with van der Waals surface area (Å²) in [6.07, 6.45) is 3.76. The Labute approximate surface area is 95.4 Å². The van der Waals surface area contributed by atoms with Crippen LogP contribution in [-0.2, 0) is 14.6 Å². The van der Waals surface area contributed by atoms with Gasteiger partial charge in [0.1, 0.15) is 0 Å². The maximum atomic E-state index is 11.6. The summed E-state index contributed by atoms with van der Waals surface area (Å²) in [5.74, 6) is 0.0909. The maximum absolute atomic E-state index is 11.6. The van der Waals surface area contributed by atoms with E-state index in [2.05, 4.69) is 5.32 Å². The quantitative estimate of drug-likeness (QED) is 0.724. The van der Waals surface area contributed by atoms with E-state index < -0.39 is 9.84 Å². The summed E-state index contributed by atoms with van der Waals surface area (Å²) in [5, 5.41) is 4.15. The molecule has 1 fully saturated rings. The van der Waals surface area contributed by atoms with Crippen LogP contribution in [0.15, 0.2) is 11.5 Å². The highest BCUT2D eigenvalue weighted by Gasteiger charge is 2.30. The smallest absolute Gasteiger partial charge is 0.236 e. The number of likely N-dealkylation sites (N-methyl/N-ethyl adjacent to an activating group) is 1. The van der Waals surface area contributed by atoms with E-state index in [1.54, 1.807) is 18.0 Å². The van der Waals surface area contributed by atoms with Gasteiger partial charge in [0.15, 0.2) is 9.84 Å². The average molecular weight is 244 g/mol. The third-order valence-electron chi connectivity index (χ3n) is 2.93. The Morgan fingerprint density at radius 1 is 1.50 bits per heavy atom. The summed E-state index contributed by atoms with van der Waals surface area (Å²) in [6.45, 7) is 0.206. The van der Waals surface area contributed by atoms with Gasteiger partial charge in [-0.05, 0) is 12.8 Å². The van der Waals surface area contributed by atoms with Crippen molar-refractivity contribution in [2.75, 3.05) is 19.3 Å². The second-order valence-corrected chi connectivity index (χ2v) is 6.31. The molecule has 1 aliphatic carbocycles. The molecule has 0 radical (unpaired) electrons. The van der Waals surface area contributed by atoms with Gasteiger partial charge in [0.05, 0.1) is 12.3 Å². The fraction of sp³-hybridized carbons (Fsp3) is 0.700. The van der Waals surface area contributed by atoms with Crippen LogP contribution in [0.5, 0.6) is 0 Å². The van der Waals surface area contributed by atoms with E-state index >= 15 is 0 Å². The van der Waals surface area contributed by atoms with E-state index in [9.17, 15) is 13.2 Å². The summed E-state index contributed by atoms with van der Waals surface area (Å²) < 4.78 is 22.2. The van der Waals surface area contributed by atoms with Gasteiger partial charge in [0.25, 0.3) is 0 Å². The molecule has 1 aliphatic heterocycles. The molecule has 0 spiro atoms. The second-order valence-electron chi connectivity index (χ2n) is 4.38. The fourth-order valence-electron chi connectivity index (χ4n) is 1.71. The van der Waals surface area contributed by atoms with Crippen LogP contribution >= 0.6 is 0 Å². The van der Waals surface area contributed by atoms with Gasteiger partial charge < -0.3 is 10.2 Å². The van der Waals surface area contributed by atoms with Crippen molar-refractivity contribution in [3.63, 3.8) is 0 Å². The minimum absolute atomic E-state index is 0.0280. The number of hydrogen-bond donors (Lipinski definition) is 1. The van der Waals surface area contributed by atoms with Gasteiger partial charge in [-0.3, -0.25) is 4.79 Å². The zero-order valence-corrected chi connectivity index (χ0v) is 10.0. The molecule has 1 saturated carbocycles. The second kappa shape index (κ2) is 4.18. The molecule has 2 aliphatic rings. The topological polar surface area (TPSA) is 66.5 Å². The first-order valence-electron chi connectivity index (χ1n) is 5.38. The van der Waals surface area contributed by atoms with Crippen molar-refractivity contribution in [1.29, 1.82) is 0 Å². The van der Waals surface area contributed by atoms with Crippen LogP contribution in [0.4, 0.5) is 0 Å². The SMILES string of the molecule is CN(C(=O)CNC1C=CS(=O)(=O)C1)C1CC1. The van der Waals surface area contributed by atoms with Crippen LogP contribution in [-0.4, -0.2) is 50.7 Å². The number of rotatable bonds is 4. The number of nitrogens with one attached hydrogen (secondary N) is 1. The van der Waals surface area contributed by atoms with Crippen LogP contribution in [0.1, 0.15) is 12.8 Å². The molecular weight excluding hydrogens is 228 g/mol. The first-order chi connectivity index (χ1) is 7.48. The van der Waals surface area contributed by atoms with Gasteiger partial charge in [-0.25, -0.2) is 8.42 Å². The highest BCUT2D eigenvalue weighted by Crippen LogP contribution is 2.25. The van der Waals surface area contributed by atoms with E-state index in [0.29, 0.717) is 6.04 Å². The van der Waals surface area contributed by atoms with Crippen molar-refractivity contribution >= 4 is 15.7 Å². The van der Waals surface area contributed by atoms with Gasteiger partial charge in [0.2, 0.25) is 5.91 Å². The Kier molecular flexibility index (Phi) is 3.03. The number of nitrogens with zero attached hydrogens (tertiary/aromatic N) is 1. The summed E-state index contributed by atoms with van der Waals surface area (Å²) in [5.41, 5.74) is 0. The Bertz CT molecular complexity index is 412. The zero-order chi connectivity index (χ0) is 11.8. The molecule has 0 aromatic carbocycles. The number of carbonyl (C=O) groups is 1. The lowest BCUT2D eigenvalue weighted by Crippen LogP contribution is -2.41. The van der Waals surface area contributed by atoms with Gasteiger partial charge in [0, 0.05) is 24.5 Å². The molecule has 0 aromatic rings. The Morgan fingerprint density at radius 2 is 2.19 bits per heavy atom. The molecule has 6 heteroatoms. The van der Waals surface area contributed by atoms with Crippen molar-refractivity contribution in [2.45, 2.75) is 24.9 Å². The largest absolute Gasteiger partial charge is 0.342 e. The van der Waals surface area contributed by atoms with Crippen molar-refractivity contribution in [2.24, 2.45) is 0 Å². The number of sulfone groups is 1. The van der Waals surface area contributed by atoms with Gasteiger partial charge in [-0.1, -0.05) is 6.08 Å². The maximum Gasteiger partial charge on any atom is 0.236 e. The van der Waals surface area contributed by atoms with Crippen molar-refractivity contribution in [3.8, 4) is 0 Å². The van der Waals surface area contributed by atoms with E-state index in [4.69, 9.17) is 0 Å². The summed E-state index contributed by atoms with van der Waals surface area (Å²) in [4.78, 5) is 13.4. The Morgan fingerprint density at radius 3 is 2.69 bits per heavy atom.